The summed E-state index contributed by atoms with van der Waals surface area (Å²) in [4.78, 5) is 35.1. The van der Waals surface area contributed by atoms with Crippen LogP contribution in [0.2, 0.25) is 0 Å². The van der Waals surface area contributed by atoms with Crippen molar-refractivity contribution < 1.29 is 24.6 Å². The molecule has 1 aromatic rings. The van der Waals surface area contributed by atoms with Crippen molar-refractivity contribution in [2.24, 2.45) is 23.7 Å². The van der Waals surface area contributed by atoms with Crippen LogP contribution in [0, 0.1) is 23.7 Å². The average molecular weight is 380 g/mol. The molecular formula is C16H14BrNO5. The van der Waals surface area contributed by atoms with Gasteiger partial charge in [-0.25, -0.2) is 4.79 Å². The number of carbonyl (C=O) groups excluding carboxylic acids is 1. The molecule has 0 radical (unpaired) electrons. The molecule has 120 valence electrons. The fraction of sp³-hybridized carbons (Fsp3) is 0.312. The largest absolute Gasteiger partial charge is 0.481 e. The molecule has 3 N–H and O–H groups in total. The second kappa shape index (κ2) is 5.81. The summed E-state index contributed by atoms with van der Waals surface area (Å²) in [6.45, 7) is 0. The Morgan fingerprint density at radius 3 is 2.35 bits per heavy atom. The predicted octanol–water partition coefficient (Wildman–Crippen LogP) is 2.61. The number of halogens is 1. The molecule has 3 rings (SSSR count). The second-order valence-electron chi connectivity index (χ2n) is 5.83. The number of aromatic carboxylic acids is 1. The highest BCUT2D eigenvalue weighted by Crippen LogP contribution is 2.48. The van der Waals surface area contributed by atoms with Gasteiger partial charge in [0.2, 0.25) is 5.91 Å². The first-order valence-electron chi connectivity index (χ1n) is 7.13. The van der Waals surface area contributed by atoms with Crippen molar-refractivity contribution in [3.8, 4) is 0 Å². The molecule has 23 heavy (non-hydrogen) atoms. The van der Waals surface area contributed by atoms with E-state index in [4.69, 9.17) is 5.11 Å². The van der Waals surface area contributed by atoms with E-state index in [9.17, 15) is 19.5 Å². The Bertz CT molecular complexity index is 729. The van der Waals surface area contributed by atoms with Gasteiger partial charge in [0.15, 0.2) is 0 Å². The smallest absolute Gasteiger partial charge is 0.335 e. The van der Waals surface area contributed by atoms with Crippen LogP contribution in [0.5, 0.6) is 0 Å². The molecule has 0 saturated heterocycles. The maximum absolute atomic E-state index is 12.6. The topological polar surface area (TPSA) is 104 Å². The van der Waals surface area contributed by atoms with Crippen LogP contribution < -0.4 is 5.32 Å². The van der Waals surface area contributed by atoms with Crippen molar-refractivity contribution in [1.29, 1.82) is 0 Å². The number of hydrogen-bond acceptors (Lipinski definition) is 3. The lowest BCUT2D eigenvalue weighted by Crippen LogP contribution is -2.36. The number of anilines is 1. The summed E-state index contributed by atoms with van der Waals surface area (Å²) in [6.07, 6.45) is 4.44. The number of hydrogen-bond donors (Lipinski definition) is 3. The molecule has 0 aliphatic heterocycles. The Hall–Kier alpha value is -2.15. The van der Waals surface area contributed by atoms with Crippen molar-refractivity contribution in [2.45, 2.75) is 6.42 Å². The highest BCUT2D eigenvalue weighted by molar-refractivity contribution is 9.10. The first-order valence-corrected chi connectivity index (χ1v) is 7.92. The Morgan fingerprint density at radius 1 is 1.09 bits per heavy atom. The zero-order valence-electron chi connectivity index (χ0n) is 11.9. The van der Waals surface area contributed by atoms with Crippen LogP contribution in [0.3, 0.4) is 0 Å². The van der Waals surface area contributed by atoms with Gasteiger partial charge in [0.25, 0.3) is 0 Å². The van der Waals surface area contributed by atoms with E-state index >= 15 is 0 Å². The predicted molar refractivity (Wildman–Crippen MR) is 85.1 cm³/mol. The normalized spacial score (nSPS) is 27.9. The zero-order valence-corrected chi connectivity index (χ0v) is 13.5. The molecule has 0 unspecified atom stereocenters. The summed E-state index contributed by atoms with van der Waals surface area (Å²) in [5, 5.41) is 21.1. The molecule has 7 heteroatoms. The minimum Gasteiger partial charge on any atom is -0.481 e. The molecular weight excluding hydrogens is 366 g/mol. The van der Waals surface area contributed by atoms with Gasteiger partial charge in [0.05, 0.1) is 23.1 Å². The van der Waals surface area contributed by atoms with E-state index in [-0.39, 0.29) is 17.4 Å². The van der Waals surface area contributed by atoms with Gasteiger partial charge in [-0.2, -0.15) is 0 Å². The molecule has 0 aromatic heterocycles. The summed E-state index contributed by atoms with van der Waals surface area (Å²) in [5.41, 5.74) is 0.372. The molecule has 1 fully saturated rings. The minimum atomic E-state index is -1.10. The second-order valence-corrected chi connectivity index (χ2v) is 6.68. The van der Waals surface area contributed by atoms with Gasteiger partial charge in [0, 0.05) is 4.47 Å². The van der Waals surface area contributed by atoms with E-state index in [0.717, 1.165) is 0 Å². The minimum absolute atomic E-state index is 0.0473. The maximum atomic E-state index is 12.6. The first-order chi connectivity index (χ1) is 10.9. The number of benzene rings is 1. The van der Waals surface area contributed by atoms with Gasteiger partial charge < -0.3 is 15.5 Å². The van der Waals surface area contributed by atoms with Crippen LogP contribution in [0.4, 0.5) is 5.69 Å². The number of carbonyl (C=O) groups is 3. The Balaban J connectivity index is 1.85. The van der Waals surface area contributed by atoms with Crippen molar-refractivity contribution in [3.63, 3.8) is 0 Å². The SMILES string of the molecule is O=C(O)c1ccc(Br)c(NC(=O)[C@H]2[C@H](C(=O)O)[C@@H]3C=C[C@H]2C3)c1. The molecule has 0 spiro atoms. The Labute approximate surface area is 140 Å². The van der Waals surface area contributed by atoms with Crippen LogP contribution >= 0.6 is 15.9 Å². The number of nitrogens with one attached hydrogen (secondary N) is 1. The fourth-order valence-electron chi connectivity index (χ4n) is 3.49. The third-order valence-corrected chi connectivity index (χ3v) is 5.21. The van der Waals surface area contributed by atoms with Crippen LogP contribution in [-0.2, 0) is 9.59 Å². The average Bonchev–Trinajstić information content (AvgIpc) is 3.09. The third kappa shape index (κ3) is 2.76. The highest BCUT2D eigenvalue weighted by Gasteiger charge is 2.51. The van der Waals surface area contributed by atoms with Crippen LogP contribution in [0.1, 0.15) is 16.8 Å². The van der Waals surface area contributed by atoms with Crippen LogP contribution in [-0.4, -0.2) is 28.1 Å². The van der Waals surface area contributed by atoms with Gasteiger partial charge in [-0.05, 0) is 52.4 Å². The molecule has 1 saturated carbocycles. The number of aliphatic carboxylic acids is 1. The van der Waals surface area contributed by atoms with E-state index in [1.807, 2.05) is 12.2 Å². The van der Waals surface area contributed by atoms with Crippen molar-refractivity contribution in [1.82, 2.24) is 0 Å². The number of allylic oxidation sites excluding steroid dienone is 2. The van der Waals surface area contributed by atoms with Gasteiger partial charge in [-0.3, -0.25) is 9.59 Å². The zero-order chi connectivity index (χ0) is 16.7. The fourth-order valence-corrected chi connectivity index (χ4v) is 3.83. The van der Waals surface area contributed by atoms with E-state index in [2.05, 4.69) is 21.2 Å². The van der Waals surface area contributed by atoms with E-state index < -0.39 is 29.7 Å². The summed E-state index contributed by atoms with van der Waals surface area (Å²) in [6, 6.07) is 4.31. The van der Waals surface area contributed by atoms with E-state index in [1.165, 1.54) is 18.2 Å². The van der Waals surface area contributed by atoms with Gasteiger partial charge in [0.1, 0.15) is 0 Å². The number of carboxylic acid groups (broad SMARTS) is 2. The standard InChI is InChI=1S/C16H14BrNO5/c17-10-4-3-9(15(20)21)6-11(10)18-14(19)12-7-1-2-8(5-7)13(12)16(22)23/h1-4,6-8,12-13H,5H2,(H,18,19)(H,20,21)(H,22,23)/t7-,8+,12+,13+/m0/s1. The van der Waals surface area contributed by atoms with Crippen molar-refractivity contribution in [3.05, 3.63) is 40.4 Å². The molecule has 2 aliphatic carbocycles. The summed E-state index contributed by atoms with van der Waals surface area (Å²) < 4.78 is 0.543. The Kier molecular flexibility index (Phi) is 3.97. The number of carboxylic acids is 2. The molecule has 0 heterocycles. The van der Waals surface area contributed by atoms with Crippen LogP contribution in [0.15, 0.2) is 34.8 Å². The number of rotatable bonds is 4. The number of amides is 1. The molecule has 6 nitrogen and oxygen atoms in total. The van der Waals surface area contributed by atoms with E-state index in [1.54, 1.807) is 0 Å². The molecule has 2 aliphatic rings. The molecule has 1 amide bonds. The first kappa shape index (κ1) is 15.7. The summed E-state index contributed by atoms with van der Waals surface area (Å²) in [5.74, 6) is -4.02. The summed E-state index contributed by atoms with van der Waals surface area (Å²) in [7, 11) is 0. The molecule has 1 aromatic carbocycles. The van der Waals surface area contributed by atoms with Crippen molar-refractivity contribution >= 4 is 39.5 Å². The van der Waals surface area contributed by atoms with Crippen molar-refractivity contribution in [2.75, 3.05) is 5.32 Å². The van der Waals surface area contributed by atoms with E-state index in [0.29, 0.717) is 16.6 Å². The molecule has 4 atom stereocenters. The van der Waals surface area contributed by atoms with Gasteiger partial charge in [-0.15, -0.1) is 0 Å². The lowest BCUT2D eigenvalue weighted by Gasteiger charge is -2.24. The lowest BCUT2D eigenvalue weighted by molar-refractivity contribution is -0.146. The maximum Gasteiger partial charge on any atom is 0.335 e. The summed E-state index contributed by atoms with van der Waals surface area (Å²) >= 11 is 3.26. The van der Waals surface area contributed by atoms with Gasteiger partial charge >= 0.3 is 11.9 Å². The Morgan fingerprint density at radius 2 is 1.74 bits per heavy atom. The molecule has 2 bridgehead atoms. The lowest BCUT2D eigenvalue weighted by atomic mass is 9.82. The van der Waals surface area contributed by atoms with Crippen LogP contribution in [0.25, 0.3) is 0 Å². The third-order valence-electron chi connectivity index (χ3n) is 4.52. The van der Waals surface area contributed by atoms with Gasteiger partial charge in [-0.1, -0.05) is 12.2 Å². The number of fused-ring (bicyclic) bond motifs is 2. The monoisotopic (exact) mass is 379 g/mol. The quantitative estimate of drug-likeness (QED) is 0.697. The highest BCUT2D eigenvalue weighted by atomic mass is 79.9.